The highest BCUT2D eigenvalue weighted by molar-refractivity contribution is 7.98. The summed E-state index contributed by atoms with van der Waals surface area (Å²) in [6, 6.07) is 8.02. The van der Waals surface area contributed by atoms with Crippen molar-refractivity contribution in [2.75, 3.05) is 11.6 Å². The van der Waals surface area contributed by atoms with Gasteiger partial charge in [-0.25, -0.2) is 0 Å². The summed E-state index contributed by atoms with van der Waals surface area (Å²) < 4.78 is 0. The van der Waals surface area contributed by atoms with Crippen molar-refractivity contribution in [2.24, 2.45) is 5.92 Å². The molecule has 0 radical (unpaired) electrons. The summed E-state index contributed by atoms with van der Waals surface area (Å²) in [5, 5.41) is 2.99. The zero-order valence-corrected chi connectivity index (χ0v) is 11.8. The van der Waals surface area contributed by atoms with Crippen LogP contribution in [0.3, 0.4) is 0 Å². The Morgan fingerprint density at radius 2 is 2.17 bits per heavy atom. The molecule has 98 valence electrons. The molecule has 1 saturated carbocycles. The standard InChI is InChI=1S/C15H21NOS/c1-18-14-8-4-7-13(11-14)16-15(17)10-9-12-5-2-3-6-12/h4,7-8,11-12H,2-3,5-6,9-10H2,1H3,(H,16,17). The summed E-state index contributed by atoms with van der Waals surface area (Å²) in [6.45, 7) is 0. The first-order chi connectivity index (χ1) is 8.78. The number of thioether (sulfide) groups is 1. The van der Waals surface area contributed by atoms with Crippen LogP contribution in [0.4, 0.5) is 5.69 Å². The van der Waals surface area contributed by atoms with Gasteiger partial charge < -0.3 is 5.32 Å². The number of nitrogens with one attached hydrogen (secondary N) is 1. The number of carbonyl (C=O) groups is 1. The van der Waals surface area contributed by atoms with Gasteiger partial charge in [-0.15, -0.1) is 11.8 Å². The molecule has 1 fully saturated rings. The third-order valence-electron chi connectivity index (χ3n) is 3.61. The fraction of sp³-hybridized carbons (Fsp3) is 0.533. The van der Waals surface area contributed by atoms with E-state index in [1.54, 1.807) is 11.8 Å². The van der Waals surface area contributed by atoms with Crippen LogP contribution in [0.5, 0.6) is 0 Å². The predicted octanol–water partition coefficient (Wildman–Crippen LogP) is 4.32. The van der Waals surface area contributed by atoms with Crippen molar-refractivity contribution in [3.63, 3.8) is 0 Å². The number of benzene rings is 1. The maximum Gasteiger partial charge on any atom is 0.224 e. The molecule has 2 rings (SSSR count). The summed E-state index contributed by atoms with van der Waals surface area (Å²) >= 11 is 1.69. The molecular formula is C15H21NOS. The number of rotatable bonds is 5. The van der Waals surface area contributed by atoms with E-state index >= 15 is 0 Å². The van der Waals surface area contributed by atoms with Gasteiger partial charge in [0.2, 0.25) is 5.91 Å². The lowest BCUT2D eigenvalue weighted by Gasteiger charge is -2.09. The largest absolute Gasteiger partial charge is 0.326 e. The minimum atomic E-state index is 0.153. The Morgan fingerprint density at radius 1 is 1.39 bits per heavy atom. The average molecular weight is 263 g/mol. The van der Waals surface area contributed by atoms with Gasteiger partial charge in [0.05, 0.1) is 0 Å². The van der Waals surface area contributed by atoms with Gasteiger partial charge in [-0.3, -0.25) is 4.79 Å². The third kappa shape index (κ3) is 4.05. The van der Waals surface area contributed by atoms with Crippen molar-refractivity contribution in [1.82, 2.24) is 0 Å². The molecule has 18 heavy (non-hydrogen) atoms. The molecule has 3 heteroatoms. The molecule has 2 nitrogen and oxygen atoms in total. The Bertz CT molecular complexity index is 399. The fourth-order valence-corrected chi connectivity index (χ4v) is 3.02. The molecule has 0 aromatic heterocycles. The van der Waals surface area contributed by atoms with Crippen molar-refractivity contribution in [2.45, 2.75) is 43.4 Å². The third-order valence-corrected chi connectivity index (χ3v) is 4.33. The quantitative estimate of drug-likeness (QED) is 0.802. The monoisotopic (exact) mass is 263 g/mol. The van der Waals surface area contributed by atoms with Gasteiger partial charge in [0.15, 0.2) is 0 Å². The Balaban J connectivity index is 1.78. The van der Waals surface area contributed by atoms with E-state index in [1.807, 2.05) is 24.5 Å². The summed E-state index contributed by atoms with van der Waals surface area (Å²) in [7, 11) is 0. The highest BCUT2D eigenvalue weighted by atomic mass is 32.2. The van der Waals surface area contributed by atoms with Gasteiger partial charge in [0.1, 0.15) is 0 Å². The SMILES string of the molecule is CSc1cccc(NC(=O)CCC2CCCC2)c1. The van der Waals surface area contributed by atoms with Gasteiger partial charge >= 0.3 is 0 Å². The Morgan fingerprint density at radius 3 is 2.89 bits per heavy atom. The first-order valence-corrected chi connectivity index (χ1v) is 7.94. The minimum absolute atomic E-state index is 0.153. The summed E-state index contributed by atoms with van der Waals surface area (Å²) in [5.41, 5.74) is 0.915. The predicted molar refractivity (Wildman–Crippen MR) is 78.0 cm³/mol. The normalized spacial score (nSPS) is 15.8. The Hall–Kier alpha value is -0.960. The van der Waals surface area contributed by atoms with Crippen molar-refractivity contribution in [3.8, 4) is 0 Å². The number of carbonyl (C=O) groups excluding carboxylic acids is 1. The molecule has 0 unspecified atom stereocenters. The number of hydrogen-bond acceptors (Lipinski definition) is 2. The lowest BCUT2D eigenvalue weighted by Crippen LogP contribution is -2.12. The smallest absolute Gasteiger partial charge is 0.224 e. The number of amides is 1. The van der Waals surface area contributed by atoms with Crippen molar-refractivity contribution in [1.29, 1.82) is 0 Å². The highest BCUT2D eigenvalue weighted by Crippen LogP contribution is 2.28. The van der Waals surface area contributed by atoms with Gasteiger partial charge in [-0.1, -0.05) is 31.7 Å². The molecular weight excluding hydrogens is 242 g/mol. The molecule has 0 spiro atoms. The van der Waals surface area contributed by atoms with E-state index in [2.05, 4.69) is 11.4 Å². The van der Waals surface area contributed by atoms with E-state index in [9.17, 15) is 4.79 Å². The van der Waals surface area contributed by atoms with Crippen LogP contribution in [0.15, 0.2) is 29.2 Å². The summed E-state index contributed by atoms with van der Waals surface area (Å²) in [6.07, 6.45) is 9.08. The Kier molecular flexibility index (Phi) is 5.12. The fourth-order valence-electron chi connectivity index (χ4n) is 2.56. The molecule has 1 amide bonds. The van der Waals surface area contributed by atoms with E-state index in [0.717, 1.165) is 18.0 Å². The van der Waals surface area contributed by atoms with E-state index in [4.69, 9.17) is 0 Å². The van der Waals surface area contributed by atoms with E-state index < -0.39 is 0 Å². The molecule has 1 N–H and O–H groups in total. The van der Waals surface area contributed by atoms with Crippen LogP contribution in [0.2, 0.25) is 0 Å². The van der Waals surface area contributed by atoms with Crippen molar-refractivity contribution >= 4 is 23.4 Å². The summed E-state index contributed by atoms with van der Waals surface area (Å²) in [5.74, 6) is 0.938. The zero-order valence-electron chi connectivity index (χ0n) is 10.9. The second-order valence-electron chi connectivity index (χ2n) is 4.97. The number of anilines is 1. The van der Waals surface area contributed by atoms with Gasteiger partial charge in [0.25, 0.3) is 0 Å². The van der Waals surface area contributed by atoms with Crippen LogP contribution in [0.25, 0.3) is 0 Å². The first-order valence-electron chi connectivity index (χ1n) is 6.72. The van der Waals surface area contributed by atoms with Crippen LogP contribution in [0, 0.1) is 5.92 Å². The van der Waals surface area contributed by atoms with Crippen LogP contribution < -0.4 is 5.32 Å². The molecule has 1 aliphatic rings. The average Bonchev–Trinajstić information content (AvgIpc) is 2.90. The molecule has 0 atom stereocenters. The maximum atomic E-state index is 11.9. The maximum absolute atomic E-state index is 11.9. The molecule has 0 heterocycles. The van der Waals surface area contributed by atoms with E-state index in [-0.39, 0.29) is 5.91 Å². The van der Waals surface area contributed by atoms with Gasteiger partial charge in [-0.2, -0.15) is 0 Å². The van der Waals surface area contributed by atoms with Crippen molar-refractivity contribution in [3.05, 3.63) is 24.3 Å². The second kappa shape index (κ2) is 6.83. The topological polar surface area (TPSA) is 29.1 Å². The van der Waals surface area contributed by atoms with Crippen LogP contribution in [-0.2, 0) is 4.79 Å². The zero-order chi connectivity index (χ0) is 12.8. The van der Waals surface area contributed by atoms with Gasteiger partial charge in [0, 0.05) is 17.0 Å². The molecule has 1 aliphatic carbocycles. The van der Waals surface area contributed by atoms with Gasteiger partial charge in [-0.05, 0) is 36.8 Å². The van der Waals surface area contributed by atoms with Crippen LogP contribution >= 0.6 is 11.8 Å². The van der Waals surface area contributed by atoms with Crippen molar-refractivity contribution < 1.29 is 4.79 Å². The van der Waals surface area contributed by atoms with Crippen LogP contribution in [-0.4, -0.2) is 12.2 Å². The van der Waals surface area contributed by atoms with E-state index in [1.165, 1.54) is 30.6 Å². The lowest BCUT2D eigenvalue weighted by molar-refractivity contribution is -0.116. The number of hydrogen-bond donors (Lipinski definition) is 1. The van der Waals surface area contributed by atoms with Crippen LogP contribution in [0.1, 0.15) is 38.5 Å². The Labute approximate surface area is 114 Å². The first kappa shape index (κ1) is 13.5. The molecule has 1 aromatic carbocycles. The molecule has 0 aliphatic heterocycles. The van der Waals surface area contributed by atoms with E-state index in [0.29, 0.717) is 6.42 Å². The summed E-state index contributed by atoms with van der Waals surface area (Å²) in [4.78, 5) is 13.0. The second-order valence-corrected chi connectivity index (χ2v) is 5.85. The minimum Gasteiger partial charge on any atom is -0.326 e. The molecule has 0 bridgehead atoms. The molecule has 1 aromatic rings. The highest BCUT2D eigenvalue weighted by Gasteiger charge is 2.16. The lowest BCUT2D eigenvalue weighted by atomic mass is 10.0. The molecule has 0 saturated heterocycles.